The molecule has 6 nitrogen and oxygen atoms in total. The average molecular weight is 323 g/mol. The first-order valence-corrected chi connectivity index (χ1v) is 7.89. The highest BCUT2D eigenvalue weighted by Crippen LogP contribution is 2.28. The van der Waals surface area contributed by atoms with Gasteiger partial charge in [-0.2, -0.15) is 9.61 Å². The summed E-state index contributed by atoms with van der Waals surface area (Å²) in [6, 6.07) is 7.60. The van der Waals surface area contributed by atoms with Crippen molar-refractivity contribution in [1.82, 2.24) is 14.6 Å². The van der Waals surface area contributed by atoms with Gasteiger partial charge in [-0.3, -0.25) is 4.79 Å². The number of fused-ring (bicyclic) bond motifs is 2. The zero-order chi connectivity index (χ0) is 16.8. The summed E-state index contributed by atoms with van der Waals surface area (Å²) < 4.78 is 6.49. The fraction of sp³-hybridized carbons (Fsp3) is 0.278. The van der Waals surface area contributed by atoms with E-state index in [0.717, 1.165) is 29.0 Å². The molecule has 122 valence electrons. The van der Waals surface area contributed by atoms with Gasteiger partial charge in [-0.15, -0.1) is 0 Å². The lowest BCUT2D eigenvalue weighted by Crippen LogP contribution is -2.39. The summed E-state index contributed by atoms with van der Waals surface area (Å²) in [6.07, 6.45) is 2.00. The second-order valence-corrected chi connectivity index (χ2v) is 5.96. The number of nitrogens with zero attached hydrogens (tertiary/aromatic N) is 3. The molecule has 2 aromatic heterocycles. The number of methoxy groups -OCH3 is 1. The van der Waals surface area contributed by atoms with Crippen LogP contribution in [0.3, 0.4) is 0 Å². The number of aromatic nitrogens is 3. The lowest BCUT2D eigenvalue weighted by molar-refractivity contribution is 0.415. The van der Waals surface area contributed by atoms with Crippen molar-refractivity contribution < 1.29 is 9.84 Å². The molecule has 6 heteroatoms. The zero-order valence-corrected chi connectivity index (χ0v) is 13.5. The molecule has 1 N–H and O–H groups in total. The topological polar surface area (TPSA) is 76.7 Å². The number of rotatable bonds is 2. The summed E-state index contributed by atoms with van der Waals surface area (Å²) in [5.41, 5.74) is 3.39. The quantitative estimate of drug-likeness (QED) is 0.778. The van der Waals surface area contributed by atoms with E-state index < -0.39 is 0 Å². The number of aryl methyl sites for hydroxylation is 2. The molecule has 4 rings (SSSR count). The van der Waals surface area contributed by atoms with Crippen molar-refractivity contribution in [1.29, 1.82) is 0 Å². The van der Waals surface area contributed by atoms with E-state index in [1.807, 2.05) is 31.2 Å². The molecule has 2 heterocycles. The molecule has 1 aliphatic rings. The Morgan fingerprint density at radius 3 is 2.67 bits per heavy atom. The van der Waals surface area contributed by atoms with Crippen molar-refractivity contribution >= 4 is 11.4 Å². The van der Waals surface area contributed by atoms with Crippen LogP contribution in [0.5, 0.6) is 5.75 Å². The Balaban J connectivity index is 2.04. The Labute approximate surface area is 138 Å². The predicted molar refractivity (Wildman–Crippen MR) is 90.2 cm³/mol. The minimum absolute atomic E-state index is 0.120. The van der Waals surface area contributed by atoms with Crippen molar-refractivity contribution in [3.8, 4) is 16.9 Å². The van der Waals surface area contributed by atoms with Gasteiger partial charge in [0.1, 0.15) is 16.7 Å². The van der Waals surface area contributed by atoms with Crippen LogP contribution in [0.15, 0.2) is 29.1 Å². The molecule has 0 fully saturated rings. The highest BCUT2D eigenvalue weighted by atomic mass is 16.5. The number of benzene rings is 1. The zero-order valence-electron chi connectivity index (χ0n) is 13.5. The van der Waals surface area contributed by atoms with Gasteiger partial charge in [-0.25, -0.2) is 4.98 Å². The summed E-state index contributed by atoms with van der Waals surface area (Å²) in [7, 11) is 1.62. The highest BCUT2D eigenvalue weighted by molar-refractivity contribution is 5.80. The number of hydrogen-bond donors (Lipinski definition) is 1. The van der Waals surface area contributed by atoms with Gasteiger partial charge >= 0.3 is 0 Å². The fourth-order valence-corrected chi connectivity index (χ4v) is 3.29. The van der Waals surface area contributed by atoms with Gasteiger partial charge in [0.15, 0.2) is 5.65 Å². The molecule has 24 heavy (non-hydrogen) atoms. The van der Waals surface area contributed by atoms with E-state index in [4.69, 9.17) is 4.74 Å². The first kappa shape index (κ1) is 14.7. The molecular weight excluding hydrogens is 306 g/mol. The summed E-state index contributed by atoms with van der Waals surface area (Å²) in [4.78, 5) is 17.4. The van der Waals surface area contributed by atoms with Crippen LogP contribution in [0.1, 0.15) is 24.2 Å². The van der Waals surface area contributed by atoms with E-state index in [9.17, 15) is 9.90 Å². The van der Waals surface area contributed by atoms with Gasteiger partial charge < -0.3 is 9.84 Å². The molecule has 1 aromatic carbocycles. The number of aliphatic hydroxyl groups is 1. The highest BCUT2D eigenvalue weighted by Gasteiger charge is 2.21. The van der Waals surface area contributed by atoms with Gasteiger partial charge in [0.05, 0.1) is 18.5 Å². The molecule has 0 saturated carbocycles. The monoisotopic (exact) mass is 323 g/mol. The van der Waals surface area contributed by atoms with Crippen LogP contribution >= 0.6 is 0 Å². The molecule has 3 aromatic rings. The van der Waals surface area contributed by atoms with Crippen LogP contribution in [-0.4, -0.2) is 26.8 Å². The lowest BCUT2D eigenvalue weighted by atomic mass is 10.0. The van der Waals surface area contributed by atoms with Crippen molar-refractivity contribution in [3.63, 3.8) is 0 Å². The largest absolute Gasteiger partial charge is 0.511 e. The van der Waals surface area contributed by atoms with E-state index in [0.29, 0.717) is 29.4 Å². The molecule has 0 atom stereocenters. The second-order valence-electron chi connectivity index (χ2n) is 5.96. The molecule has 0 spiro atoms. The second kappa shape index (κ2) is 5.33. The molecule has 0 bridgehead atoms. The van der Waals surface area contributed by atoms with E-state index in [1.165, 1.54) is 4.52 Å². The van der Waals surface area contributed by atoms with Gasteiger partial charge in [0.25, 0.3) is 5.56 Å². The van der Waals surface area contributed by atoms with Crippen LogP contribution in [0, 0.1) is 6.92 Å². The Kier molecular flexibility index (Phi) is 3.26. The van der Waals surface area contributed by atoms with Crippen LogP contribution in [-0.2, 0) is 6.42 Å². The molecule has 0 radical (unpaired) electrons. The number of hydrogen-bond acceptors (Lipinski definition) is 5. The summed E-state index contributed by atoms with van der Waals surface area (Å²) in [5, 5.41) is 14.8. The normalized spacial score (nSPS) is 14.0. The minimum Gasteiger partial charge on any atom is -0.511 e. The maximum atomic E-state index is 12.7. The molecule has 0 aliphatic heterocycles. The first-order valence-electron chi connectivity index (χ1n) is 7.89. The third-order valence-electron chi connectivity index (χ3n) is 4.47. The molecular formula is C18H17N3O3. The molecule has 0 saturated heterocycles. The molecule has 1 aliphatic carbocycles. The van der Waals surface area contributed by atoms with E-state index in [-0.39, 0.29) is 11.3 Å². The smallest absolute Gasteiger partial charge is 0.285 e. The van der Waals surface area contributed by atoms with E-state index in [2.05, 4.69) is 10.1 Å². The summed E-state index contributed by atoms with van der Waals surface area (Å²) in [6.45, 7) is 1.86. The molecule has 0 amide bonds. The Bertz CT molecular complexity index is 1050. The summed E-state index contributed by atoms with van der Waals surface area (Å²) >= 11 is 0. The third-order valence-corrected chi connectivity index (χ3v) is 4.47. The minimum atomic E-state index is -0.296. The maximum absolute atomic E-state index is 12.7. The van der Waals surface area contributed by atoms with Crippen LogP contribution in [0.25, 0.3) is 22.5 Å². The van der Waals surface area contributed by atoms with Gasteiger partial charge in [-0.1, -0.05) is 12.1 Å². The SMILES string of the molecule is COc1ccc(-c2c(C)nn3c(=O)c4c(nc23)CCCC=4O)cc1. The molecule has 0 unspecified atom stereocenters. The Morgan fingerprint density at radius 2 is 1.96 bits per heavy atom. The van der Waals surface area contributed by atoms with Crippen molar-refractivity contribution in [2.45, 2.75) is 26.2 Å². The Morgan fingerprint density at radius 1 is 1.21 bits per heavy atom. The van der Waals surface area contributed by atoms with E-state index in [1.54, 1.807) is 7.11 Å². The number of ether oxygens (including phenoxy) is 1. The fourth-order valence-electron chi connectivity index (χ4n) is 3.29. The standard InChI is InChI=1S/C18H17N3O3/c1-10-15(11-6-8-12(24-2)9-7-11)17-19-13-4-3-5-14(22)16(13)18(23)21(17)20-10/h6-9,22H,3-5H2,1-2H3. The van der Waals surface area contributed by atoms with Crippen LogP contribution < -0.4 is 15.5 Å². The van der Waals surface area contributed by atoms with Crippen molar-refractivity contribution in [2.24, 2.45) is 0 Å². The van der Waals surface area contributed by atoms with Crippen molar-refractivity contribution in [3.05, 3.63) is 51.2 Å². The Hall–Kier alpha value is -2.89. The number of aliphatic hydroxyl groups excluding tert-OH is 1. The van der Waals surface area contributed by atoms with Crippen molar-refractivity contribution in [2.75, 3.05) is 7.11 Å². The van der Waals surface area contributed by atoms with E-state index >= 15 is 0 Å². The van der Waals surface area contributed by atoms with Crippen LogP contribution in [0.2, 0.25) is 0 Å². The summed E-state index contributed by atoms with van der Waals surface area (Å²) in [5.74, 6) is 0.886. The maximum Gasteiger partial charge on any atom is 0.285 e. The predicted octanol–water partition coefficient (Wildman–Crippen LogP) is 1.79. The van der Waals surface area contributed by atoms with Gasteiger partial charge in [-0.05, 0) is 37.5 Å². The average Bonchev–Trinajstić information content (AvgIpc) is 2.91. The third kappa shape index (κ3) is 2.06. The van der Waals surface area contributed by atoms with Gasteiger partial charge in [0, 0.05) is 12.0 Å². The van der Waals surface area contributed by atoms with Gasteiger partial charge in [0.2, 0.25) is 0 Å². The first-order chi connectivity index (χ1) is 11.6. The lowest BCUT2D eigenvalue weighted by Gasteiger charge is -2.10. The van der Waals surface area contributed by atoms with Crippen LogP contribution in [0.4, 0.5) is 0 Å².